The van der Waals surface area contributed by atoms with Crippen LogP contribution in [-0.2, 0) is 14.8 Å². The molecule has 0 N–H and O–H groups in total. The molecule has 19 heavy (non-hydrogen) atoms. The molecule has 0 spiro atoms. The lowest BCUT2D eigenvalue weighted by molar-refractivity contribution is -0.112. The SMILES string of the molecule is Cc1ccc(S(=O)(=O)N2CCC(C)(C)[C@H]2C=O)cc1. The van der Waals surface area contributed by atoms with E-state index in [0.717, 1.165) is 11.8 Å². The second-order valence-corrected chi connectivity index (χ2v) is 7.64. The molecule has 1 aromatic carbocycles. The Balaban J connectivity index is 2.40. The smallest absolute Gasteiger partial charge is 0.243 e. The van der Waals surface area contributed by atoms with E-state index in [1.807, 2.05) is 20.8 Å². The van der Waals surface area contributed by atoms with Crippen molar-refractivity contribution < 1.29 is 13.2 Å². The van der Waals surface area contributed by atoms with Gasteiger partial charge in [-0.3, -0.25) is 0 Å². The maximum absolute atomic E-state index is 12.6. The summed E-state index contributed by atoms with van der Waals surface area (Å²) < 4.78 is 26.5. The van der Waals surface area contributed by atoms with E-state index in [9.17, 15) is 13.2 Å². The first-order chi connectivity index (χ1) is 8.79. The quantitative estimate of drug-likeness (QED) is 0.796. The Hall–Kier alpha value is -1.20. The van der Waals surface area contributed by atoms with Crippen molar-refractivity contribution in [3.8, 4) is 0 Å². The van der Waals surface area contributed by atoms with E-state index in [1.54, 1.807) is 24.3 Å². The highest BCUT2D eigenvalue weighted by molar-refractivity contribution is 7.89. The summed E-state index contributed by atoms with van der Waals surface area (Å²) in [7, 11) is -3.59. The van der Waals surface area contributed by atoms with E-state index < -0.39 is 16.1 Å². The van der Waals surface area contributed by atoms with E-state index >= 15 is 0 Å². The third-order valence-corrected chi connectivity index (χ3v) is 5.74. The zero-order valence-electron chi connectivity index (χ0n) is 11.5. The largest absolute Gasteiger partial charge is 0.302 e. The van der Waals surface area contributed by atoms with E-state index in [1.165, 1.54) is 4.31 Å². The number of benzene rings is 1. The summed E-state index contributed by atoms with van der Waals surface area (Å²) in [5, 5.41) is 0. The number of sulfonamides is 1. The maximum atomic E-state index is 12.6. The summed E-state index contributed by atoms with van der Waals surface area (Å²) in [6.07, 6.45) is 1.44. The first-order valence-electron chi connectivity index (χ1n) is 6.33. The molecule has 2 rings (SSSR count). The lowest BCUT2D eigenvalue weighted by Gasteiger charge is -2.27. The second kappa shape index (κ2) is 4.72. The molecule has 0 aliphatic carbocycles. The average molecular weight is 281 g/mol. The Kier molecular flexibility index (Phi) is 3.53. The Morgan fingerprint density at radius 2 is 1.84 bits per heavy atom. The van der Waals surface area contributed by atoms with Crippen LogP contribution in [0, 0.1) is 12.3 Å². The molecule has 4 nitrogen and oxygen atoms in total. The summed E-state index contributed by atoms with van der Waals surface area (Å²) in [6, 6.07) is 6.14. The zero-order chi connectivity index (χ0) is 14.3. The van der Waals surface area contributed by atoms with Crippen LogP contribution in [0.3, 0.4) is 0 Å². The molecule has 0 bridgehead atoms. The van der Waals surface area contributed by atoms with Crippen molar-refractivity contribution in [1.82, 2.24) is 4.31 Å². The van der Waals surface area contributed by atoms with Gasteiger partial charge in [-0.1, -0.05) is 31.5 Å². The minimum atomic E-state index is -3.59. The number of aryl methyl sites for hydroxylation is 1. The minimum absolute atomic E-state index is 0.252. The molecule has 1 atom stereocenters. The van der Waals surface area contributed by atoms with Crippen molar-refractivity contribution in [3.05, 3.63) is 29.8 Å². The van der Waals surface area contributed by atoms with Crippen LogP contribution < -0.4 is 0 Å². The molecular weight excluding hydrogens is 262 g/mol. The van der Waals surface area contributed by atoms with Gasteiger partial charge >= 0.3 is 0 Å². The zero-order valence-corrected chi connectivity index (χ0v) is 12.3. The summed E-state index contributed by atoms with van der Waals surface area (Å²) in [5.41, 5.74) is 0.701. The van der Waals surface area contributed by atoms with Crippen LogP contribution in [0.25, 0.3) is 0 Å². The Labute approximate surface area is 114 Å². The Morgan fingerprint density at radius 3 is 2.37 bits per heavy atom. The van der Waals surface area contributed by atoms with Crippen LogP contribution >= 0.6 is 0 Å². The standard InChI is InChI=1S/C14H19NO3S/c1-11-4-6-12(7-5-11)19(17,18)15-9-8-14(2,3)13(15)10-16/h4-7,10,13H,8-9H2,1-3H3/t13-/m1/s1. The lowest BCUT2D eigenvalue weighted by atomic mass is 9.86. The van der Waals surface area contributed by atoms with Gasteiger partial charge in [0.2, 0.25) is 10.0 Å². The fourth-order valence-electron chi connectivity index (χ4n) is 2.44. The highest BCUT2D eigenvalue weighted by Gasteiger charge is 2.46. The van der Waals surface area contributed by atoms with Crippen LogP contribution in [0.1, 0.15) is 25.8 Å². The van der Waals surface area contributed by atoms with Gasteiger partial charge in [-0.2, -0.15) is 4.31 Å². The fraction of sp³-hybridized carbons (Fsp3) is 0.500. The van der Waals surface area contributed by atoms with E-state index in [4.69, 9.17) is 0 Å². The molecule has 0 radical (unpaired) electrons. The third-order valence-electron chi connectivity index (χ3n) is 3.84. The van der Waals surface area contributed by atoms with E-state index in [0.29, 0.717) is 13.0 Å². The molecule has 1 aliphatic rings. The van der Waals surface area contributed by atoms with Gasteiger partial charge in [0, 0.05) is 6.54 Å². The molecule has 0 amide bonds. The van der Waals surface area contributed by atoms with Gasteiger partial charge in [0.1, 0.15) is 6.29 Å². The number of rotatable bonds is 3. The van der Waals surface area contributed by atoms with Gasteiger partial charge in [0.15, 0.2) is 0 Å². The van der Waals surface area contributed by atoms with E-state index in [-0.39, 0.29) is 10.3 Å². The first kappa shape index (κ1) is 14.2. The average Bonchev–Trinajstić information content (AvgIpc) is 2.65. The molecule has 5 heteroatoms. The van der Waals surface area contributed by atoms with Crippen molar-refractivity contribution in [2.75, 3.05) is 6.54 Å². The minimum Gasteiger partial charge on any atom is -0.302 e. The van der Waals surface area contributed by atoms with Gasteiger partial charge in [0.05, 0.1) is 10.9 Å². The predicted molar refractivity (Wildman–Crippen MR) is 73.3 cm³/mol. The number of carbonyl (C=O) groups excluding carboxylic acids is 1. The number of hydrogen-bond acceptors (Lipinski definition) is 3. The van der Waals surface area contributed by atoms with Gasteiger partial charge in [-0.15, -0.1) is 0 Å². The Bertz CT molecular complexity index is 575. The maximum Gasteiger partial charge on any atom is 0.243 e. The first-order valence-corrected chi connectivity index (χ1v) is 7.77. The molecule has 0 aromatic heterocycles. The lowest BCUT2D eigenvalue weighted by Crippen LogP contribution is -2.41. The van der Waals surface area contributed by atoms with Crippen molar-refractivity contribution in [2.45, 2.75) is 38.1 Å². The van der Waals surface area contributed by atoms with Crippen LogP contribution in [0.15, 0.2) is 29.2 Å². The van der Waals surface area contributed by atoms with Crippen LogP contribution in [0.4, 0.5) is 0 Å². The molecule has 1 aromatic rings. The number of hydrogen-bond donors (Lipinski definition) is 0. The van der Waals surface area contributed by atoms with Gasteiger partial charge in [-0.25, -0.2) is 8.42 Å². The summed E-state index contributed by atoms with van der Waals surface area (Å²) >= 11 is 0. The third kappa shape index (κ3) is 2.44. The molecule has 1 saturated heterocycles. The topological polar surface area (TPSA) is 54.5 Å². The molecular formula is C14H19NO3S. The second-order valence-electron chi connectivity index (χ2n) is 5.75. The highest BCUT2D eigenvalue weighted by Crippen LogP contribution is 2.38. The summed E-state index contributed by atoms with van der Waals surface area (Å²) in [6.45, 7) is 6.16. The van der Waals surface area contributed by atoms with Crippen LogP contribution in [0.2, 0.25) is 0 Å². The molecule has 0 saturated carbocycles. The number of carbonyl (C=O) groups is 1. The van der Waals surface area contributed by atoms with Crippen molar-refractivity contribution in [3.63, 3.8) is 0 Å². The predicted octanol–water partition coefficient (Wildman–Crippen LogP) is 1.98. The van der Waals surface area contributed by atoms with Gasteiger partial charge < -0.3 is 4.79 Å². The van der Waals surface area contributed by atoms with Gasteiger partial charge in [-0.05, 0) is 30.9 Å². The Morgan fingerprint density at radius 1 is 1.26 bits per heavy atom. The van der Waals surface area contributed by atoms with Crippen LogP contribution in [-0.4, -0.2) is 31.6 Å². The van der Waals surface area contributed by atoms with Crippen molar-refractivity contribution >= 4 is 16.3 Å². The van der Waals surface area contributed by atoms with Gasteiger partial charge in [0.25, 0.3) is 0 Å². The molecule has 104 valence electrons. The monoisotopic (exact) mass is 281 g/mol. The number of aldehydes is 1. The molecule has 1 aliphatic heterocycles. The summed E-state index contributed by atoms with van der Waals surface area (Å²) in [4.78, 5) is 11.5. The molecule has 1 heterocycles. The molecule has 1 fully saturated rings. The van der Waals surface area contributed by atoms with Crippen molar-refractivity contribution in [2.24, 2.45) is 5.41 Å². The normalized spacial score (nSPS) is 23.4. The highest BCUT2D eigenvalue weighted by atomic mass is 32.2. The molecule has 0 unspecified atom stereocenters. The number of nitrogens with zero attached hydrogens (tertiary/aromatic N) is 1. The van der Waals surface area contributed by atoms with Crippen LogP contribution in [0.5, 0.6) is 0 Å². The summed E-state index contributed by atoms with van der Waals surface area (Å²) in [5.74, 6) is 0. The fourth-order valence-corrected chi connectivity index (χ4v) is 4.16. The van der Waals surface area contributed by atoms with Crippen molar-refractivity contribution in [1.29, 1.82) is 0 Å². The van der Waals surface area contributed by atoms with E-state index in [2.05, 4.69) is 0 Å².